The minimum Gasteiger partial charge on any atom is -0.491 e. The van der Waals surface area contributed by atoms with Gasteiger partial charge in [-0.05, 0) is 18.6 Å². The first kappa shape index (κ1) is 13.3. The van der Waals surface area contributed by atoms with Crippen LogP contribution in [-0.2, 0) is 0 Å². The molecule has 0 fully saturated rings. The van der Waals surface area contributed by atoms with Gasteiger partial charge < -0.3 is 15.4 Å². The Kier molecular flexibility index (Phi) is 2.79. The number of halogens is 1. The van der Waals surface area contributed by atoms with E-state index in [1.807, 2.05) is 0 Å². The van der Waals surface area contributed by atoms with Gasteiger partial charge in [0.1, 0.15) is 11.5 Å². The number of benzene rings is 1. The third kappa shape index (κ3) is 1.74. The van der Waals surface area contributed by atoms with Gasteiger partial charge in [0.05, 0.1) is 24.4 Å². The maximum Gasteiger partial charge on any atom is 0.272 e. The lowest BCUT2D eigenvalue weighted by Crippen LogP contribution is -2.34. The number of methoxy groups -OCH3 is 1. The Bertz CT molecular complexity index is 836. The third-order valence-electron chi connectivity index (χ3n) is 3.55. The molecule has 1 amide bonds. The highest BCUT2D eigenvalue weighted by Gasteiger charge is 2.32. The largest absolute Gasteiger partial charge is 0.491 e. The van der Waals surface area contributed by atoms with E-state index in [1.54, 1.807) is 6.92 Å². The van der Waals surface area contributed by atoms with Crippen molar-refractivity contribution in [3.63, 3.8) is 0 Å². The maximum absolute atomic E-state index is 14.0. The summed E-state index contributed by atoms with van der Waals surface area (Å²) in [5.41, 5.74) is -1.07. The van der Waals surface area contributed by atoms with Gasteiger partial charge in [0.25, 0.3) is 16.8 Å². The van der Waals surface area contributed by atoms with Gasteiger partial charge in [-0.3, -0.25) is 14.4 Å². The Morgan fingerprint density at radius 2 is 1.90 bits per heavy atom. The van der Waals surface area contributed by atoms with Crippen LogP contribution in [0.25, 0.3) is 0 Å². The summed E-state index contributed by atoms with van der Waals surface area (Å²) in [6, 6.07) is 2.47. The van der Waals surface area contributed by atoms with Gasteiger partial charge in [-0.25, -0.2) is 4.39 Å². The Balaban J connectivity index is 2.13. The minimum absolute atomic E-state index is 0.125. The number of anilines is 2. The van der Waals surface area contributed by atoms with E-state index < -0.39 is 22.6 Å². The fraction of sp³-hybridized carbons (Fsp3) is 0.214. The van der Waals surface area contributed by atoms with E-state index in [-0.39, 0.29) is 28.7 Å². The summed E-state index contributed by atoms with van der Waals surface area (Å²) in [6.45, 7) is 1.77. The van der Waals surface area contributed by atoms with Gasteiger partial charge in [-0.2, -0.15) is 0 Å². The topological polar surface area (TPSA) is 84.5 Å². The van der Waals surface area contributed by atoms with Crippen LogP contribution in [0, 0.1) is 5.82 Å². The van der Waals surface area contributed by atoms with Crippen LogP contribution in [0.3, 0.4) is 0 Å². The standard InChI is InChI=1S/C14H11FN2O4/c1-5-6-3-4-7(15)9(8(6)14(20)16-5)17-10-11(18)12(19)13(10)21-2/h3-5,17H,1-2H3,(H,16,20). The maximum atomic E-state index is 14.0. The number of hydrogen-bond donors (Lipinski definition) is 2. The normalized spacial score (nSPS) is 16.7. The Hall–Kier alpha value is -2.70. The molecular formula is C14H11FN2O4. The van der Waals surface area contributed by atoms with E-state index in [0.29, 0.717) is 5.56 Å². The summed E-state index contributed by atoms with van der Waals surface area (Å²) in [6.07, 6.45) is 0. The number of amides is 1. The fourth-order valence-electron chi connectivity index (χ4n) is 2.47. The summed E-state index contributed by atoms with van der Waals surface area (Å²) in [5, 5.41) is 5.19. The highest BCUT2D eigenvalue weighted by Crippen LogP contribution is 2.35. The van der Waals surface area contributed by atoms with Gasteiger partial charge >= 0.3 is 0 Å². The van der Waals surface area contributed by atoms with Crippen molar-refractivity contribution in [2.24, 2.45) is 0 Å². The first-order chi connectivity index (χ1) is 9.95. The summed E-state index contributed by atoms with van der Waals surface area (Å²) in [7, 11) is 1.24. The average Bonchev–Trinajstić information content (AvgIpc) is 2.75. The molecular weight excluding hydrogens is 279 g/mol. The molecule has 2 aromatic carbocycles. The Morgan fingerprint density at radius 1 is 1.19 bits per heavy atom. The van der Waals surface area contributed by atoms with Crippen molar-refractivity contribution in [3.8, 4) is 5.75 Å². The van der Waals surface area contributed by atoms with Crippen LogP contribution >= 0.6 is 0 Å². The second-order valence-corrected chi connectivity index (χ2v) is 4.77. The third-order valence-corrected chi connectivity index (χ3v) is 3.55. The zero-order chi connectivity index (χ0) is 15.3. The summed E-state index contributed by atoms with van der Waals surface area (Å²) in [4.78, 5) is 34.7. The van der Waals surface area contributed by atoms with Crippen molar-refractivity contribution in [2.45, 2.75) is 13.0 Å². The van der Waals surface area contributed by atoms with Crippen molar-refractivity contribution < 1.29 is 13.9 Å². The summed E-state index contributed by atoms with van der Waals surface area (Å²) in [5.74, 6) is -1.28. The molecule has 0 saturated carbocycles. The van der Waals surface area contributed by atoms with E-state index in [1.165, 1.54) is 19.2 Å². The number of carbonyl (C=O) groups excluding carboxylic acids is 1. The number of ether oxygens (including phenoxy) is 1. The highest BCUT2D eigenvalue weighted by atomic mass is 19.1. The van der Waals surface area contributed by atoms with Crippen molar-refractivity contribution in [1.29, 1.82) is 0 Å². The molecule has 2 N–H and O–H groups in total. The second-order valence-electron chi connectivity index (χ2n) is 4.77. The lowest BCUT2D eigenvalue weighted by molar-refractivity contribution is 0.0959. The van der Waals surface area contributed by atoms with E-state index in [2.05, 4.69) is 10.6 Å². The molecule has 0 aromatic heterocycles. The van der Waals surface area contributed by atoms with Crippen LogP contribution < -0.4 is 26.2 Å². The van der Waals surface area contributed by atoms with Crippen molar-refractivity contribution >= 4 is 17.3 Å². The zero-order valence-corrected chi connectivity index (χ0v) is 11.2. The van der Waals surface area contributed by atoms with Crippen LogP contribution in [0.5, 0.6) is 5.75 Å². The van der Waals surface area contributed by atoms with E-state index in [4.69, 9.17) is 4.74 Å². The molecule has 0 spiro atoms. The molecule has 1 aliphatic rings. The Morgan fingerprint density at radius 3 is 2.57 bits per heavy atom. The molecule has 21 heavy (non-hydrogen) atoms. The number of nitrogens with one attached hydrogen (secondary N) is 2. The predicted octanol–water partition coefficient (Wildman–Crippen LogP) is 0.978. The fourth-order valence-corrected chi connectivity index (χ4v) is 2.47. The van der Waals surface area contributed by atoms with Gasteiger partial charge in [0.2, 0.25) is 0 Å². The number of carbonyl (C=O) groups is 1. The summed E-state index contributed by atoms with van der Waals surface area (Å²) < 4.78 is 18.8. The highest BCUT2D eigenvalue weighted by molar-refractivity contribution is 6.05. The molecule has 6 nitrogen and oxygen atoms in total. The summed E-state index contributed by atoms with van der Waals surface area (Å²) >= 11 is 0. The van der Waals surface area contributed by atoms with Crippen molar-refractivity contribution in [1.82, 2.24) is 5.32 Å². The lowest BCUT2D eigenvalue weighted by Gasteiger charge is -2.14. The van der Waals surface area contributed by atoms with Gasteiger partial charge in [0.15, 0.2) is 5.75 Å². The van der Waals surface area contributed by atoms with E-state index >= 15 is 0 Å². The van der Waals surface area contributed by atoms with Gasteiger partial charge in [0, 0.05) is 0 Å². The smallest absolute Gasteiger partial charge is 0.272 e. The average molecular weight is 290 g/mol. The molecule has 1 unspecified atom stereocenters. The first-order valence-electron chi connectivity index (χ1n) is 6.23. The number of fused-ring (bicyclic) bond motifs is 1. The van der Waals surface area contributed by atoms with Crippen LogP contribution in [0.2, 0.25) is 0 Å². The first-order valence-corrected chi connectivity index (χ1v) is 6.23. The van der Waals surface area contributed by atoms with E-state index in [0.717, 1.165) is 0 Å². The predicted molar refractivity (Wildman–Crippen MR) is 73.5 cm³/mol. The zero-order valence-electron chi connectivity index (χ0n) is 11.2. The molecule has 7 heteroatoms. The van der Waals surface area contributed by atoms with Crippen LogP contribution in [-0.4, -0.2) is 13.0 Å². The number of hydrogen-bond acceptors (Lipinski definition) is 5. The molecule has 0 radical (unpaired) electrons. The quantitative estimate of drug-likeness (QED) is 0.823. The van der Waals surface area contributed by atoms with Crippen molar-refractivity contribution in [3.05, 3.63) is 49.5 Å². The van der Waals surface area contributed by atoms with Gasteiger partial charge in [-0.15, -0.1) is 0 Å². The van der Waals surface area contributed by atoms with Crippen LogP contribution in [0.1, 0.15) is 28.9 Å². The monoisotopic (exact) mass is 290 g/mol. The minimum atomic E-state index is -0.796. The molecule has 0 saturated heterocycles. The van der Waals surface area contributed by atoms with E-state index in [9.17, 15) is 18.8 Å². The molecule has 108 valence electrons. The van der Waals surface area contributed by atoms with Crippen molar-refractivity contribution in [2.75, 3.05) is 12.4 Å². The molecule has 1 heterocycles. The Labute approximate surface area is 118 Å². The molecule has 1 aliphatic heterocycles. The molecule has 1 atom stereocenters. The number of rotatable bonds is 3. The molecule has 2 aromatic rings. The van der Waals surface area contributed by atoms with Crippen LogP contribution in [0.15, 0.2) is 21.7 Å². The molecule has 3 rings (SSSR count). The lowest BCUT2D eigenvalue weighted by atomic mass is 10.0. The second kappa shape index (κ2) is 4.41. The molecule has 0 aliphatic carbocycles. The van der Waals surface area contributed by atoms with Gasteiger partial charge in [-0.1, -0.05) is 6.07 Å². The van der Waals surface area contributed by atoms with Crippen LogP contribution in [0.4, 0.5) is 15.8 Å². The molecule has 0 bridgehead atoms. The SMILES string of the molecule is COc1c(Nc2c(F)ccc3c2C(=O)NC3C)c(=O)c1=O.